The number of aromatic nitrogens is 4. The Bertz CT molecular complexity index is 658. The molecule has 1 amide bonds. The first kappa shape index (κ1) is 13.7. The molecule has 6 nitrogen and oxygen atoms in total. The third-order valence-corrected chi connectivity index (χ3v) is 3.85. The molecule has 0 radical (unpaired) electrons. The minimum Gasteiger partial charge on any atom is -0.335 e. The molecule has 3 rings (SSSR count). The zero-order chi connectivity index (χ0) is 15.0. The summed E-state index contributed by atoms with van der Waals surface area (Å²) >= 11 is 0. The lowest BCUT2D eigenvalue weighted by atomic mass is 10.1. The first-order chi connectivity index (χ1) is 10.0. The predicted octanol–water partition coefficient (Wildman–Crippen LogP) is 1.46. The van der Waals surface area contributed by atoms with Crippen LogP contribution in [0, 0.1) is 13.8 Å². The van der Waals surface area contributed by atoms with Crippen molar-refractivity contribution in [2.45, 2.75) is 26.2 Å². The van der Waals surface area contributed by atoms with Gasteiger partial charge in [0.15, 0.2) is 5.82 Å². The van der Waals surface area contributed by atoms with Crippen molar-refractivity contribution in [2.24, 2.45) is 7.05 Å². The van der Waals surface area contributed by atoms with Crippen LogP contribution < -0.4 is 0 Å². The van der Waals surface area contributed by atoms with Gasteiger partial charge < -0.3 is 9.47 Å². The fraction of sp³-hybridized carbons (Fsp3) is 0.467. The summed E-state index contributed by atoms with van der Waals surface area (Å²) in [6, 6.07) is 1.97. The maximum atomic E-state index is 12.4. The number of rotatable bonds is 2. The van der Waals surface area contributed by atoms with Crippen LogP contribution in [0.25, 0.3) is 0 Å². The molecule has 1 unspecified atom stereocenters. The molecule has 2 aromatic rings. The second-order valence-corrected chi connectivity index (χ2v) is 5.61. The van der Waals surface area contributed by atoms with E-state index in [4.69, 9.17) is 0 Å². The highest BCUT2D eigenvalue weighted by Gasteiger charge is 2.31. The molecule has 1 aliphatic heterocycles. The fourth-order valence-electron chi connectivity index (χ4n) is 2.80. The predicted molar refractivity (Wildman–Crippen MR) is 78.0 cm³/mol. The summed E-state index contributed by atoms with van der Waals surface area (Å²) in [5.74, 6) is 1.53. The zero-order valence-corrected chi connectivity index (χ0v) is 12.6. The first-order valence-corrected chi connectivity index (χ1v) is 7.13. The number of imidazole rings is 1. The summed E-state index contributed by atoms with van der Waals surface area (Å²) < 4.78 is 1.75. The standard InChI is InChI=1S/C15H19N5O/c1-10-8-11(2)18-13(17-10)12-4-6-20(9-12)15(21)14-16-5-7-19(14)3/h5,7-8,12H,4,6,9H2,1-3H3. The Morgan fingerprint density at radius 1 is 1.29 bits per heavy atom. The number of hydrogen-bond acceptors (Lipinski definition) is 4. The van der Waals surface area contributed by atoms with E-state index in [9.17, 15) is 4.79 Å². The van der Waals surface area contributed by atoms with Crippen LogP contribution in [0.5, 0.6) is 0 Å². The van der Waals surface area contributed by atoms with Crippen LogP contribution >= 0.6 is 0 Å². The molecule has 110 valence electrons. The van der Waals surface area contributed by atoms with Crippen molar-refractivity contribution in [3.8, 4) is 0 Å². The van der Waals surface area contributed by atoms with E-state index in [1.165, 1.54) is 0 Å². The second-order valence-electron chi connectivity index (χ2n) is 5.61. The summed E-state index contributed by atoms with van der Waals surface area (Å²) in [5, 5.41) is 0. The molecule has 1 fully saturated rings. The summed E-state index contributed by atoms with van der Waals surface area (Å²) in [6.07, 6.45) is 4.33. The van der Waals surface area contributed by atoms with Gasteiger partial charge in [-0.05, 0) is 26.3 Å². The molecule has 0 N–H and O–H groups in total. The highest BCUT2D eigenvalue weighted by atomic mass is 16.2. The molecule has 21 heavy (non-hydrogen) atoms. The zero-order valence-electron chi connectivity index (χ0n) is 12.6. The van der Waals surface area contributed by atoms with Gasteiger partial charge in [-0.2, -0.15) is 0 Å². The molecule has 0 bridgehead atoms. The number of aryl methyl sites for hydroxylation is 3. The SMILES string of the molecule is Cc1cc(C)nc(C2CCN(C(=O)c3nccn3C)C2)n1. The second kappa shape index (κ2) is 5.27. The largest absolute Gasteiger partial charge is 0.335 e. The van der Waals surface area contributed by atoms with Crippen molar-refractivity contribution >= 4 is 5.91 Å². The monoisotopic (exact) mass is 285 g/mol. The number of carbonyl (C=O) groups is 1. The quantitative estimate of drug-likeness (QED) is 0.838. The van der Waals surface area contributed by atoms with Crippen molar-refractivity contribution in [1.82, 2.24) is 24.4 Å². The lowest BCUT2D eigenvalue weighted by molar-refractivity contribution is 0.0775. The summed E-state index contributed by atoms with van der Waals surface area (Å²) in [5.41, 5.74) is 1.96. The average Bonchev–Trinajstić information content (AvgIpc) is 3.05. The molecule has 6 heteroatoms. The molecule has 3 heterocycles. The normalized spacial score (nSPS) is 18.2. The van der Waals surface area contributed by atoms with Crippen molar-refractivity contribution in [1.29, 1.82) is 0 Å². The van der Waals surface area contributed by atoms with E-state index in [2.05, 4.69) is 15.0 Å². The van der Waals surface area contributed by atoms with E-state index in [-0.39, 0.29) is 11.8 Å². The molecule has 1 aliphatic rings. The Kier molecular flexibility index (Phi) is 3.45. The lowest BCUT2D eigenvalue weighted by Gasteiger charge is -2.16. The van der Waals surface area contributed by atoms with Crippen LogP contribution in [0.3, 0.4) is 0 Å². The molecule has 1 atom stereocenters. The molecule has 0 spiro atoms. The third kappa shape index (κ3) is 2.66. The van der Waals surface area contributed by atoms with E-state index in [0.717, 1.165) is 30.2 Å². The molecule has 1 saturated heterocycles. The van der Waals surface area contributed by atoms with Crippen LogP contribution in [-0.2, 0) is 7.05 Å². The molecule has 0 aromatic carbocycles. The van der Waals surface area contributed by atoms with Crippen molar-refractivity contribution in [2.75, 3.05) is 13.1 Å². The van der Waals surface area contributed by atoms with E-state index in [1.807, 2.05) is 31.9 Å². The van der Waals surface area contributed by atoms with E-state index in [0.29, 0.717) is 12.4 Å². The van der Waals surface area contributed by atoms with Crippen LogP contribution in [0.4, 0.5) is 0 Å². The molecular formula is C15H19N5O. The van der Waals surface area contributed by atoms with Crippen LogP contribution in [0.15, 0.2) is 18.5 Å². The number of amides is 1. The maximum Gasteiger partial charge on any atom is 0.289 e. The minimum absolute atomic E-state index is 0.0191. The molecule has 2 aromatic heterocycles. The van der Waals surface area contributed by atoms with Gasteiger partial charge in [0.2, 0.25) is 0 Å². The van der Waals surface area contributed by atoms with Crippen LogP contribution in [0.1, 0.15) is 40.2 Å². The number of nitrogens with zero attached hydrogens (tertiary/aromatic N) is 5. The Morgan fingerprint density at radius 3 is 2.62 bits per heavy atom. The van der Waals surface area contributed by atoms with Gasteiger partial charge in [0.25, 0.3) is 5.91 Å². The van der Waals surface area contributed by atoms with Crippen molar-refractivity contribution in [3.63, 3.8) is 0 Å². The van der Waals surface area contributed by atoms with Crippen LogP contribution in [0.2, 0.25) is 0 Å². The van der Waals surface area contributed by atoms with Gasteiger partial charge in [-0.25, -0.2) is 15.0 Å². The topological polar surface area (TPSA) is 63.9 Å². The highest BCUT2D eigenvalue weighted by molar-refractivity contribution is 5.91. The first-order valence-electron chi connectivity index (χ1n) is 7.13. The lowest BCUT2D eigenvalue weighted by Crippen LogP contribution is -2.30. The van der Waals surface area contributed by atoms with E-state index in [1.54, 1.807) is 17.0 Å². The van der Waals surface area contributed by atoms with Crippen molar-refractivity contribution in [3.05, 3.63) is 41.5 Å². The fourth-order valence-corrected chi connectivity index (χ4v) is 2.80. The minimum atomic E-state index is -0.0191. The molecule has 0 saturated carbocycles. The van der Waals surface area contributed by atoms with Gasteiger partial charge in [-0.3, -0.25) is 4.79 Å². The van der Waals surface area contributed by atoms with Gasteiger partial charge in [-0.1, -0.05) is 0 Å². The number of hydrogen-bond donors (Lipinski definition) is 0. The maximum absolute atomic E-state index is 12.4. The Hall–Kier alpha value is -2.24. The van der Waals surface area contributed by atoms with E-state index < -0.39 is 0 Å². The average molecular weight is 285 g/mol. The summed E-state index contributed by atoms with van der Waals surface area (Å²) in [6.45, 7) is 5.34. The smallest absolute Gasteiger partial charge is 0.289 e. The Morgan fingerprint density at radius 2 is 2.00 bits per heavy atom. The van der Waals surface area contributed by atoms with Gasteiger partial charge in [-0.15, -0.1) is 0 Å². The van der Waals surface area contributed by atoms with Gasteiger partial charge >= 0.3 is 0 Å². The summed E-state index contributed by atoms with van der Waals surface area (Å²) in [7, 11) is 1.83. The highest BCUT2D eigenvalue weighted by Crippen LogP contribution is 2.26. The molecular weight excluding hydrogens is 266 g/mol. The van der Waals surface area contributed by atoms with Crippen LogP contribution in [-0.4, -0.2) is 43.4 Å². The third-order valence-electron chi connectivity index (χ3n) is 3.85. The Balaban J connectivity index is 1.76. The Labute approximate surface area is 123 Å². The van der Waals surface area contributed by atoms with Gasteiger partial charge in [0, 0.05) is 49.8 Å². The summed E-state index contributed by atoms with van der Waals surface area (Å²) in [4.78, 5) is 27.4. The number of likely N-dealkylation sites (tertiary alicyclic amines) is 1. The van der Waals surface area contributed by atoms with Gasteiger partial charge in [0.05, 0.1) is 0 Å². The number of carbonyl (C=O) groups excluding carboxylic acids is 1. The van der Waals surface area contributed by atoms with Gasteiger partial charge in [0.1, 0.15) is 5.82 Å². The molecule has 0 aliphatic carbocycles. The van der Waals surface area contributed by atoms with Crippen molar-refractivity contribution < 1.29 is 4.79 Å². The van der Waals surface area contributed by atoms with E-state index >= 15 is 0 Å².